The number of hydrogen-bond donors (Lipinski definition) is 0. The molecule has 196 valence electrons. The van der Waals surface area contributed by atoms with Crippen LogP contribution in [0, 0.1) is 0 Å². The van der Waals surface area contributed by atoms with Crippen LogP contribution in [0.2, 0.25) is 0 Å². The second-order valence-electron chi connectivity index (χ2n) is 10.1. The van der Waals surface area contributed by atoms with Gasteiger partial charge in [0.15, 0.2) is 0 Å². The van der Waals surface area contributed by atoms with Crippen molar-refractivity contribution < 1.29 is 0 Å². The van der Waals surface area contributed by atoms with Gasteiger partial charge in [-0.3, -0.25) is 0 Å². The predicted octanol–water partition coefficient (Wildman–Crippen LogP) is 8.75. The molecule has 0 bridgehead atoms. The first-order valence-electron chi connectivity index (χ1n) is 14.0. The van der Waals surface area contributed by atoms with Crippen LogP contribution in [-0.4, -0.2) is 9.13 Å². The minimum atomic E-state index is 1.00. The van der Waals surface area contributed by atoms with E-state index < -0.39 is 0 Å². The zero-order valence-corrected chi connectivity index (χ0v) is 23.3. The van der Waals surface area contributed by atoms with E-state index in [1.54, 1.807) is 0 Å². The van der Waals surface area contributed by atoms with Gasteiger partial charge in [0.2, 0.25) is 0 Å². The molecule has 0 spiro atoms. The smallest absolute Gasteiger partial charge is 0.0537 e. The summed E-state index contributed by atoms with van der Waals surface area (Å²) in [7, 11) is 0. The summed E-state index contributed by atoms with van der Waals surface area (Å²) < 4.78 is 4.75. The largest absolute Gasteiger partial charge is 0.313 e. The maximum atomic E-state index is 4.18. The Morgan fingerprint density at radius 3 is 2.20 bits per heavy atom. The molecular formula is C38H34N2. The summed E-state index contributed by atoms with van der Waals surface area (Å²) in [6.45, 7) is 12.3. The summed E-state index contributed by atoms with van der Waals surface area (Å²) >= 11 is 0. The third-order valence-electron chi connectivity index (χ3n) is 7.81. The molecule has 2 heterocycles. The van der Waals surface area contributed by atoms with Crippen LogP contribution in [0.3, 0.4) is 0 Å². The Morgan fingerprint density at radius 1 is 0.825 bits per heavy atom. The first kappa shape index (κ1) is 25.5. The highest BCUT2D eigenvalue weighted by Crippen LogP contribution is 2.36. The number of para-hydroxylation sites is 2. The molecule has 0 aliphatic heterocycles. The van der Waals surface area contributed by atoms with Gasteiger partial charge in [0.05, 0.1) is 22.1 Å². The number of fused-ring (bicyclic) bond motifs is 3. The fraction of sp³-hybridized carbons (Fsp3) is 0.105. The maximum Gasteiger partial charge on any atom is 0.0537 e. The summed E-state index contributed by atoms with van der Waals surface area (Å²) in [5, 5.41) is 4.89. The Bertz CT molecular complexity index is 1950. The first-order valence-corrected chi connectivity index (χ1v) is 14.0. The lowest BCUT2D eigenvalue weighted by Crippen LogP contribution is -2.29. The molecule has 40 heavy (non-hydrogen) atoms. The molecule has 5 aromatic rings. The van der Waals surface area contributed by atoms with E-state index in [2.05, 4.69) is 145 Å². The Labute approximate surface area is 236 Å². The normalized spacial score (nSPS) is 14.8. The van der Waals surface area contributed by atoms with Gasteiger partial charge in [0, 0.05) is 32.9 Å². The van der Waals surface area contributed by atoms with Gasteiger partial charge in [-0.05, 0) is 80.3 Å². The molecule has 0 atom stereocenters. The minimum absolute atomic E-state index is 1.00. The molecule has 1 aliphatic carbocycles. The van der Waals surface area contributed by atoms with Crippen molar-refractivity contribution in [1.82, 2.24) is 9.13 Å². The fourth-order valence-electron chi connectivity index (χ4n) is 6.17. The topological polar surface area (TPSA) is 9.86 Å². The molecular weight excluding hydrogens is 484 g/mol. The molecule has 2 heteroatoms. The number of allylic oxidation sites excluding steroid dienone is 6. The van der Waals surface area contributed by atoms with Gasteiger partial charge < -0.3 is 9.13 Å². The van der Waals surface area contributed by atoms with Crippen LogP contribution in [0.25, 0.3) is 63.1 Å². The van der Waals surface area contributed by atoms with Gasteiger partial charge in [-0.25, -0.2) is 0 Å². The predicted molar refractivity (Wildman–Crippen MR) is 176 cm³/mol. The van der Waals surface area contributed by atoms with Crippen LogP contribution >= 0.6 is 0 Å². The van der Waals surface area contributed by atoms with Crippen molar-refractivity contribution in [3.05, 3.63) is 138 Å². The van der Waals surface area contributed by atoms with E-state index in [0.717, 1.165) is 29.6 Å². The summed E-state index contributed by atoms with van der Waals surface area (Å²) in [5.74, 6) is 0. The Hall–Kier alpha value is -4.82. The monoisotopic (exact) mass is 518 g/mol. The van der Waals surface area contributed by atoms with Gasteiger partial charge in [-0.2, -0.15) is 0 Å². The van der Waals surface area contributed by atoms with E-state index in [0.29, 0.717) is 0 Å². The van der Waals surface area contributed by atoms with Crippen LogP contribution in [0.4, 0.5) is 0 Å². The molecule has 2 nitrogen and oxygen atoms in total. The second kappa shape index (κ2) is 10.7. The van der Waals surface area contributed by atoms with Crippen molar-refractivity contribution in [2.45, 2.75) is 26.7 Å². The van der Waals surface area contributed by atoms with Crippen molar-refractivity contribution >= 4 is 57.4 Å². The van der Waals surface area contributed by atoms with E-state index in [-0.39, 0.29) is 0 Å². The van der Waals surface area contributed by atoms with Crippen molar-refractivity contribution in [2.24, 2.45) is 0 Å². The van der Waals surface area contributed by atoms with E-state index in [1.807, 2.05) is 12.2 Å². The van der Waals surface area contributed by atoms with E-state index in [4.69, 9.17) is 0 Å². The van der Waals surface area contributed by atoms with Crippen molar-refractivity contribution in [3.63, 3.8) is 0 Å². The lowest BCUT2D eigenvalue weighted by molar-refractivity contribution is 0.981. The number of nitrogens with zero attached hydrogens (tertiary/aromatic N) is 2. The number of aromatic nitrogens is 2. The summed E-state index contributed by atoms with van der Waals surface area (Å²) in [5.41, 5.74) is 9.67. The number of benzene rings is 3. The lowest BCUT2D eigenvalue weighted by atomic mass is 9.97. The third kappa shape index (κ3) is 4.13. The average molecular weight is 519 g/mol. The van der Waals surface area contributed by atoms with Gasteiger partial charge >= 0.3 is 0 Å². The number of hydrogen-bond acceptors (Lipinski definition) is 0. The molecule has 3 aromatic carbocycles. The zero-order valence-electron chi connectivity index (χ0n) is 23.3. The molecule has 0 radical (unpaired) electrons. The lowest BCUT2D eigenvalue weighted by Gasteiger charge is -2.18. The Balaban J connectivity index is 1.52. The molecule has 1 aliphatic rings. The quantitative estimate of drug-likeness (QED) is 0.213. The van der Waals surface area contributed by atoms with E-state index in [1.165, 1.54) is 49.4 Å². The summed E-state index contributed by atoms with van der Waals surface area (Å²) in [6, 6.07) is 26.3. The molecule has 0 N–H and O–H groups in total. The van der Waals surface area contributed by atoms with Crippen LogP contribution in [-0.2, 0) is 0 Å². The molecule has 0 saturated carbocycles. The summed E-state index contributed by atoms with van der Waals surface area (Å²) in [6.07, 6.45) is 19.1. The molecule has 0 unspecified atom stereocenters. The van der Waals surface area contributed by atoms with Crippen molar-refractivity contribution in [3.8, 4) is 5.69 Å². The highest BCUT2D eigenvalue weighted by molar-refractivity contribution is 6.10. The van der Waals surface area contributed by atoms with Gasteiger partial charge in [0.1, 0.15) is 0 Å². The van der Waals surface area contributed by atoms with Crippen molar-refractivity contribution in [2.75, 3.05) is 0 Å². The first-order chi connectivity index (χ1) is 19.7. The van der Waals surface area contributed by atoms with Gasteiger partial charge in [0.25, 0.3) is 0 Å². The van der Waals surface area contributed by atoms with Crippen LogP contribution in [0.1, 0.15) is 43.5 Å². The highest BCUT2D eigenvalue weighted by atomic mass is 15.0. The molecule has 0 saturated heterocycles. The molecule has 6 rings (SSSR count). The third-order valence-corrected chi connectivity index (χ3v) is 7.81. The Kier molecular flexibility index (Phi) is 6.84. The summed E-state index contributed by atoms with van der Waals surface area (Å²) in [4.78, 5) is 0. The minimum Gasteiger partial charge on any atom is -0.313 e. The molecule has 0 amide bonds. The SMILES string of the molecule is C=C/C=c1\c(=C/C)c(/C=C\C)c(C=C)n1-c1cccc(C2=CCCC(n3c4ccccc4c4ccccc43)=C2)c1. The maximum absolute atomic E-state index is 4.18. The highest BCUT2D eigenvalue weighted by Gasteiger charge is 2.17. The van der Waals surface area contributed by atoms with Gasteiger partial charge in [-0.1, -0.05) is 92.1 Å². The number of rotatable bonds is 6. The zero-order chi connectivity index (χ0) is 27.6. The van der Waals surface area contributed by atoms with Crippen LogP contribution < -0.4 is 10.6 Å². The Morgan fingerprint density at radius 2 is 1.55 bits per heavy atom. The van der Waals surface area contributed by atoms with E-state index in [9.17, 15) is 0 Å². The van der Waals surface area contributed by atoms with E-state index >= 15 is 0 Å². The molecule has 2 aromatic heterocycles. The molecule has 0 fully saturated rings. The van der Waals surface area contributed by atoms with Crippen molar-refractivity contribution in [1.29, 1.82) is 0 Å². The average Bonchev–Trinajstić information content (AvgIpc) is 3.49. The second-order valence-corrected chi connectivity index (χ2v) is 10.1. The fourth-order valence-corrected chi connectivity index (χ4v) is 6.17. The van der Waals surface area contributed by atoms with Crippen LogP contribution in [0.5, 0.6) is 0 Å². The van der Waals surface area contributed by atoms with Gasteiger partial charge in [-0.15, -0.1) is 0 Å². The van der Waals surface area contributed by atoms with Crippen LogP contribution in [0.15, 0.2) is 110 Å². The standard InChI is InChI=1S/C38H34N2/c1-5-15-32-31(7-3)36(16-6-2)39(35(32)8-4)29-19-13-17-27(25-29)28-18-14-20-30(26-28)40-37-23-11-9-21-33(37)34-22-10-12-24-38(34)40/h5-13,15-19,21-26H,2,4,14,20H2,1,3H3/b15-5-,31-7-,36-16+.